The minimum atomic E-state index is -3.91. The topological polar surface area (TPSA) is 93.7 Å². The molecule has 1 unspecified atom stereocenters. The number of fused-ring (bicyclic) bond motifs is 1. The van der Waals surface area contributed by atoms with Crippen LogP contribution in [-0.2, 0) is 21.2 Å². The number of sulfonamides is 1. The van der Waals surface area contributed by atoms with E-state index in [4.69, 9.17) is 9.47 Å². The van der Waals surface area contributed by atoms with Gasteiger partial charge in [-0.1, -0.05) is 24.3 Å². The highest BCUT2D eigenvalue weighted by molar-refractivity contribution is 7.98. The van der Waals surface area contributed by atoms with E-state index in [1.54, 1.807) is 17.8 Å². The van der Waals surface area contributed by atoms with Gasteiger partial charge < -0.3 is 14.8 Å². The van der Waals surface area contributed by atoms with Gasteiger partial charge in [0.2, 0.25) is 15.9 Å². The molecule has 1 atom stereocenters. The zero-order chi connectivity index (χ0) is 22.3. The fraction of sp³-hybridized carbons (Fsp3) is 0.409. The molecule has 3 rings (SSSR count). The predicted octanol–water partition coefficient (Wildman–Crippen LogP) is 2.53. The average Bonchev–Trinajstić information content (AvgIpc) is 2.77. The summed E-state index contributed by atoms with van der Waals surface area (Å²) in [6, 6.07) is 11.6. The van der Waals surface area contributed by atoms with Gasteiger partial charge in [-0.2, -0.15) is 16.5 Å². The third-order valence-corrected chi connectivity index (χ3v) is 7.12. The van der Waals surface area contributed by atoms with Crippen LogP contribution in [0.25, 0.3) is 0 Å². The van der Waals surface area contributed by atoms with Crippen molar-refractivity contribution in [3.63, 3.8) is 0 Å². The summed E-state index contributed by atoms with van der Waals surface area (Å²) in [6.45, 7) is 3.26. The quantitative estimate of drug-likeness (QED) is 0.561. The molecule has 1 amide bonds. The molecule has 9 heteroatoms. The van der Waals surface area contributed by atoms with Gasteiger partial charge in [-0.15, -0.1) is 0 Å². The second-order valence-corrected chi connectivity index (χ2v) is 9.93. The zero-order valence-corrected chi connectivity index (χ0v) is 19.4. The molecule has 0 radical (unpaired) electrons. The van der Waals surface area contributed by atoms with Crippen molar-refractivity contribution in [3.05, 3.63) is 53.6 Å². The molecule has 0 saturated heterocycles. The minimum absolute atomic E-state index is 0.0404. The van der Waals surface area contributed by atoms with Crippen molar-refractivity contribution in [1.82, 2.24) is 10.0 Å². The molecule has 2 N–H and O–H groups in total. The second-order valence-electron chi connectivity index (χ2n) is 7.23. The molecule has 7 nitrogen and oxygen atoms in total. The van der Waals surface area contributed by atoms with Crippen LogP contribution >= 0.6 is 11.8 Å². The van der Waals surface area contributed by atoms with Crippen molar-refractivity contribution in [1.29, 1.82) is 0 Å². The Hall–Kier alpha value is -2.23. The van der Waals surface area contributed by atoms with Gasteiger partial charge in [-0.05, 0) is 55.0 Å². The van der Waals surface area contributed by atoms with Gasteiger partial charge in [-0.25, -0.2) is 8.42 Å². The molecule has 0 bridgehead atoms. The lowest BCUT2D eigenvalue weighted by atomic mass is 10.1. The van der Waals surface area contributed by atoms with E-state index in [0.717, 1.165) is 11.1 Å². The molecule has 0 aromatic heterocycles. The third kappa shape index (κ3) is 6.38. The number of hydrogen-bond acceptors (Lipinski definition) is 6. The molecule has 0 spiro atoms. The molecule has 31 heavy (non-hydrogen) atoms. The van der Waals surface area contributed by atoms with Gasteiger partial charge in [0.05, 0.1) is 4.90 Å². The highest BCUT2D eigenvalue weighted by atomic mass is 32.2. The summed E-state index contributed by atoms with van der Waals surface area (Å²) in [5.41, 5.74) is 2.32. The predicted molar refractivity (Wildman–Crippen MR) is 122 cm³/mol. The maximum Gasteiger partial charge on any atom is 0.241 e. The highest BCUT2D eigenvalue weighted by Gasteiger charge is 2.26. The van der Waals surface area contributed by atoms with E-state index in [1.165, 1.54) is 12.1 Å². The van der Waals surface area contributed by atoms with Gasteiger partial charge in [0.1, 0.15) is 19.3 Å². The van der Waals surface area contributed by atoms with Crippen LogP contribution in [0.3, 0.4) is 0 Å². The fourth-order valence-corrected chi connectivity index (χ4v) is 4.98. The molecule has 168 valence electrons. The lowest BCUT2D eigenvalue weighted by molar-refractivity contribution is -0.122. The maximum absolute atomic E-state index is 12.9. The summed E-state index contributed by atoms with van der Waals surface area (Å²) < 4.78 is 39.4. The van der Waals surface area contributed by atoms with Gasteiger partial charge in [0, 0.05) is 12.6 Å². The summed E-state index contributed by atoms with van der Waals surface area (Å²) in [7, 11) is -3.91. The van der Waals surface area contributed by atoms with Crippen LogP contribution in [0.4, 0.5) is 0 Å². The summed E-state index contributed by atoms with van der Waals surface area (Å²) in [5, 5.41) is 2.87. The van der Waals surface area contributed by atoms with Crippen LogP contribution in [0, 0.1) is 6.92 Å². The Morgan fingerprint density at radius 3 is 2.61 bits per heavy atom. The first kappa shape index (κ1) is 23.4. The van der Waals surface area contributed by atoms with E-state index in [2.05, 4.69) is 10.0 Å². The summed E-state index contributed by atoms with van der Waals surface area (Å²) in [5.74, 6) is 1.22. The summed E-state index contributed by atoms with van der Waals surface area (Å²) >= 11 is 1.56. The van der Waals surface area contributed by atoms with Crippen molar-refractivity contribution in [2.24, 2.45) is 0 Å². The van der Waals surface area contributed by atoms with E-state index in [9.17, 15) is 13.2 Å². The van der Waals surface area contributed by atoms with Gasteiger partial charge in [0.25, 0.3) is 0 Å². The van der Waals surface area contributed by atoms with Crippen LogP contribution < -0.4 is 19.5 Å². The fourth-order valence-electron chi connectivity index (χ4n) is 3.26. The van der Waals surface area contributed by atoms with E-state index >= 15 is 0 Å². The van der Waals surface area contributed by atoms with Crippen LogP contribution in [-0.4, -0.2) is 52.1 Å². The van der Waals surface area contributed by atoms with Crippen LogP contribution in [0.2, 0.25) is 0 Å². The smallest absolute Gasteiger partial charge is 0.241 e. The van der Waals surface area contributed by atoms with Crippen molar-refractivity contribution in [2.45, 2.75) is 30.7 Å². The first-order valence-corrected chi connectivity index (χ1v) is 13.0. The Morgan fingerprint density at radius 2 is 1.87 bits per heavy atom. The SMILES string of the molecule is CSCCC(NS(=O)(=O)c1ccc2c(c1)OCCO2)C(=O)NCCc1ccccc1C. The number of carbonyl (C=O) groups is 1. The van der Waals surface area contributed by atoms with Crippen LogP contribution in [0.1, 0.15) is 17.5 Å². The summed E-state index contributed by atoms with van der Waals surface area (Å²) in [6.07, 6.45) is 2.99. The van der Waals surface area contributed by atoms with Crippen molar-refractivity contribution < 1.29 is 22.7 Å². The molecule has 1 aliphatic heterocycles. The number of benzene rings is 2. The largest absolute Gasteiger partial charge is 0.486 e. The number of carbonyl (C=O) groups excluding carboxylic acids is 1. The normalized spacial score (nSPS) is 14.1. The third-order valence-electron chi connectivity index (χ3n) is 5.00. The molecule has 1 aliphatic rings. The zero-order valence-electron chi connectivity index (χ0n) is 17.7. The molecule has 2 aromatic carbocycles. The Bertz CT molecular complexity index is 1010. The molecule has 0 fully saturated rings. The number of aryl methyl sites for hydroxylation is 1. The minimum Gasteiger partial charge on any atom is -0.486 e. The maximum atomic E-state index is 12.9. The first-order chi connectivity index (χ1) is 14.9. The van der Waals surface area contributed by atoms with Crippen LogP contribution in [0.5, 0.6) is 11.5 Å². The standard InChI is InChI=1S/C22H28N2O5S2/c1-16-5-3-4-6-17(16)9-11-23-22(25)19(10-14-30-2)24-31(26,27)18-7-8-20-21(15-18)29-13-12-28-20/h3-8,15,19,24H,9-14H2,1-2H3,(H,23,25). The van der Waals surface area contributed by atoms with E-state index in [1.807, 2.05) is 37.4 Å². The lowest BCUT2D eigenvalue weighted by Gasteiger charge is -2.21. The Kier molecular flexibility index (Phi) is 8.22. The van der Waals surface area contributed by atoms with Gasteiger partial charge in [-0.3, -0.25) is 4.79 Å². The number of hydrogen-bond donors (Lipinski definition) is 2. The highest BCUT2D eigenvalue weighted by Crippen LogP contribution is 2.32. The molecule has 1 heterocycles. The monoisotopic (exact) mass is 464 g/mol. The number of ether oxygens (including phenoxy) is 2. The molecular formula is C22H28N2O5S2. The first-order valence-electron chi connectivity index (χ1n) is 10.1. The lowest BCUT2D eigenvalue weighted by Crippen LogP contribution is -2.47. The molecule has 0 saturated carbocycles. The van der Waals surface area contributed by atoms with Gasteiger partial charge >= 0.3 is 0 Å². The number of amides is 1. The second kappa shape index (κ2) is 10.9. The molecule has 2 aromatic rings. The van der Waals surface area contributed by atoms with Crippen LogP contribution in [0.15, 0.2) is 47.4 Å². The van der Waals surface area contributed by atoms with Crippen molar-refractivity contribution in [3.8, 4) is 11.5 Å². The van der Waals surface area contributed by atoms with Crippen molar-refractivity contribution in [2.75, 3.05) is 31.8 Å². The Balaban J connectivity index is 1.66. The molecule has 0 aliphatic carbocycles. The summed E-state index contributed by atoms with van der Waals surface area (Å²) in [4.78, 5) is 12.8. The Morgan fingerprint density at radius 1 is 1.13 bits per heavy atom. The average molecular weight is 465 g/mol. The van der Waals surface area contributed by atoms with E-state index in [-0.39, 0.29) is 10.8 Å². The number of rotatable bonds is 10. The molecular weight excluding hydrogens is 436 g/mol. The number of thioether (sulfide) groups is 1. The van der Waals surface area contributed by atoms with Gasteiger partial charge in [0.15, 0.2) is 11.5 Å². The van der Waals surface area contributed by atoms with Crippen molar-refractivity contribution >= 4 is 27.7 Å². The van der Waals surface area contributed by atoms with E-state index in [0.29, 0.717) is 49.9 Å². The van der Waals surface area contributed by atoms with E-state index < -0.39 is 16.1 Å². The Labute approximate surface area is 188 Å². The number of nitrogens with one attached hydrogen (secondary N) is 2.